The van der Waals surface area contributed by atoms with Crippen LogP contribution in [-0.4, -0.2) is 12.8 Å². The van der Waals surface area contributed by atoms with E-state index >= 15 is 0 Å². The zero-order valence-corrected chi connectivity index (χ0v) is 12.0. The Kier molecular flexibility index (Phi) is 4.94. The Morgan fingerprint density at radius 3 is 2.33 bits per heavy atom. The van der Waals surface area contributed by atoms with Gasteiger partial charge in [0, 0.05) is 5.56 Å². The molecule has 0 radical (unpaired) electrons. The number of nitriles is 1. The molecule has 0 bridgehead atoms. The van der Waals surface area contributed by atoms with E-state index in [0.29, 0.717) is 6.61 Å². The lowest BCUT2D eigenvalue weighted by molar-refractivity contribution is 0.214. The Balaban J connectivity index is 2.01. The first-order chi connectivity index (χ1) is 10.2. The van der Waals surface area contributed by atoms with Crippen molar-refractivity contribution in [2.45, 2.75) is 13.5 Å². The molecular formula is C17H16N2O2. The maximum Gasteiger partial charge on any atom is 0.186 e. The van der Waals surface area contributed by atoms with Gasteiger partial charge in [-0.05, 0) is 24.6 Å². The monoisotopic (exact) mass is 280 g/mol. The van der Waals surface area contributed by atoms with Crippen molar-refractivity contribution in [2.75, 3.05) is 7.11 Å². The molecule has 0 N–H and O–H groups in total. The maximum absolute atomic E-state index is 8.97. The van der Waals surface area contributed by atoms with Crippen LogP contribution in [-0.2, 0) is 11.4 Å². The Morgan fingerprint density at radius 2 is 1.76 bits per heavy atom. The summed E-state index contributed by atoms with van der Waals surface area (Å²) < 4.78 is 5.70. The largest absolute Gasteiger partial charge is 0.489 e. The summed E-state index contributed by atoms with van der Waals surface area (Å²) in [5.74, 6) is 0.836. The minimum atomic E-state index is 0.253. The van der Waals surface area contributed by atoms with Crippen LogP contribution in [0.5, 0.6) is 5.75 Å². The molecule has 0 amide bonds. The van der Waals surface area contributed by atoms with Gasteiger partial charge in [-0.3, -0.25) is 0 Å². The van der Waals surface area contributed by atoms with Crippen molar-refractivity contribution in [2.24, 2.45) is 5.16 Å². The van der Waals surface area contributed by atoms with Crippen molar-refractivity contribution in [3.05, 3.63) is 65.2 Å². The normalized spacial score (nSPS) is 10.8. The Morgan fingerprint density at radius 1 is 1.10 bits per heavy atom. The fraction of sp³-hybridized carbons (Fsp3) is 0.176. The van der Waals surface area contributed by atoms with Crippen LogP contribution in [0.15, 0.2) is 53.7 Å². The van der Waals surface area contributed by atoms with Crippen molar-refractivity contribution in [1.29, 1.82) is 5.26 Å². The van der Waals surface area contributed by atoms with Crippen LogP contribution in [0, 0.1) is 18.3 Å². The molecule has 0 aromatic heterocycles. The summed E-state index contributed by atoms with van der Waals surface area (Å²) >= 11 is 0. The van der Waals surface area contributed by atoms with E-state index in [-0.39, 0.29) is 5.71 Å². The fourth-order valence-corrected chi connectivity index (χ4v) is 1.79. The molecule has 0 unspecified atom stereocenters. The van der Waals surface area contributed by atoms with E-state index in [2.05, 4.69) is 9.99 Å². The Hall–Kier alpha value is -2.80. The van der Waals surface area contributed by atoms with Gasteiger partial charge < -0.3 is 9.57 Å². The van der Waals surface area contributed by atoms with Gasteiger partial charge in [-0.2, -0.15) is 5.26 Å². The van der Waals surface area contributed by atoms with Crippen molar-refractivity contribution in [3.8, 4) is 11.8 Å². The summed E-state index contributed by atoms with van der Waals surface area (Å²) in [5, 5.41) is 12.6. The fourth-order valence-electron chi connectivity index (χ4n) is 1.79. The number of aryl methyl sites for hydroxylation is 1. The van der Waals surface area contributed by atoms with E-state index in [1.165, 1.54) is 12.7 Å². The molecule has 0 spiro atoms. The summed E-state index contributed by atoms with van der Waals surface area (Å²) in [4.78, 5) is 4.64. The standard InChI is InChI=1S/C17H16N2O2/c1-13-3-9-16(10-4-13)21-12-14-5-7-15(8-6-14)17(11-18)19-20-2/h3-10H,12H2,1-2H3. The molecular weight excluding hydrogens is 264 g/mol. The second kappa shape index (κ2) is 7.11. The molecule has 4 heteroatoms. The average Bonchev–Trinajstić information content (AvgIpc) is 2.53. The van der Waals surface area contributed by atoms with Crippen LogP contribution in [0.2, 0.25) is 0 Å². The van der Waals surface area contributed by atoms with Crippen molar-refractivity contribution >= 4 is 5.71 Å². The zero-order chi connectivity index (χ0) is 15.1. The van der Waals surface area contributed by atoms with Crippen molar-refractivity contribution < 1.29 is 9.57 Å². The number of ether oxygens (including phenoxy) is 1. The molecule has 0 aliphatic heterocycles. The predicted octanol–water partition coefficient (Wildman–Crippen LogP) is 3.45. The van der Waals surface area contributed by atoms with Gasteiger partial charge in [0.25, 0.3) is 0 Å². The predicted molar refractivity (Wildman–Crippen MR) is 81.1 cm³/mol. The summed E-state index contributed by atoms with van der Waals surface area (Å²) in [6.45, 7) is 2.52. The number of hydrogen-bond donors (Lipinski definition) is 0. The molecule has 4 nitrogen and oxygen atoms in total. The van der Waals surface area contributed by atoms with Gasteiger partial charge in [0.2, 0.25) is 0 Å². The molecule has 0 saturated carbocycles. The summed E-state index contributed by atoms with van der Waals surface area (Å²) in [5.41, 5.74) is 3.20. The minimum absolute atomic E-state index is 0.253. The lowest BCUT2D eigenvalue weighted by atomic mass is 10.1. The van der Waals surface area contributed by atoms with Crippen LogP contribution in [0.4, 0.5) is 0 Å². The molecule has 21 heavy (non-hydrogen) atoms. The molecule has 106 valence electrons. The average molecular weight is 280 g/mol. The molecule has 2 aromatic rings. The van der Waals surface area contributed by atoms with E-state index in [9.17, 15) is 0 Å². The van der Waals surface area contributed by atoms with Crippen molar-refractivity contribution in [3.63, 3.8) is 0 Å². The van der Waals surface area contributed by atoms with Crippen LogP contribution in [0.3, 0.4) is 0 Å². The highest BCUT2D eigenvalue weighted by molar-refractivity contribution is 6.11. The highest BCUT2D eigenvalue weighted by atomic mass is 16.6. The van der Waals surface area contributed by atoms with Gasteiger partial charge in [-0.25, -0.2) is 0 Å². The molecule has 0 aliphatic rings. The second-order valence-corrected chi connectivity index (χ2v) is 4.53. The lowest BCUT2D eigenvalue weighted by Gasteiger charge is -2.07. The highest BCUT2D eigenvalue weighted by Crippen LogP contribution is 2.14. The topological polar surface area (TPSA) is 54.6 Å². The third kappa shape index (κ3) is 4.08. The zero-order valence-electron chi connectivity index (χ0n) is 12.0. The number of oxime groups is 1. The third-order valence-electron chi connectivity index (χ3n) is 2.94. The molecule has 0 saturated heterocycles. The molecule has 0 fully saturated rings. The van der Waals surface area contributed by atoms with Crippen LogP contribution in [0.25, 0.3) is 0 Å². The summed E-state index contributed by atoms with van der Waals surface area (Å²) in [7, 11) is 1.42. The highest BCUT2D eigenvalue weighted by Gasteiger charge is 2.03. The number of benzene rings is 2. The second-order valence-electron chi connectivity index (χ2n) is 4.53. The first-order valence-electron chi connectivity index (χ1n) is 6.53. The van der Waals surface area contributed by atoms with Gasteiger partial charge in [0.15, 0.2) is 5.71 Å². The molecule has 2 aromatic carbocycles. The van der Waals surface area contributed by atoms with Gasteiger partial charge in [-0.1, -0.05) is 47.1 Å². The minimum Gasteiger partial charge on any atom is -0.489 e. The first kappa shape index (κ1) is 14.6. The van der Waals surface area contributed by atoms with E-state index < -0.39 is 0 Å². The summed E-state index contributed by atoms with van der Waals surface area (Å²) in [6.07, 6.45) is 0. The maximum atomic E-state index is 8.97. The number of rotatable bonds is 5. The smallest absolute Gasteiger partial charge is 0.186 e. The first-order valence-corrected chi connectivity index (χ1v) is 6.53. The van der Waals surface area contributed by atoms with Gasteiger partial charge in [0.05, 0.1) is 0 Å². The molecule has 2 rings (SSSR count). The van der Waals surface area contributed by atoms with Gasteiger partial charge in [0.1, 0.15) is 25.5 Å². The molecule has 0 atom stereocenters. The van der Waals surface area contributed by atoms with E-state index in [1.54, 1.807) is 0 Å². The Bertz CT molecular complexity index is 653. The number of nitrogens with zero attached hydrogens (tertiary/aromatic N) is 2. The lowest BCUT2D eigenvalue weighted by Crippen LogP contribution is -2.00. The third-order valence-corrected chi connectivity index (χ3v) is 2.94. The number of hydrogen-bond acceptors (Lipinski definition) is 4. The van der Waals surface area contributed by atoms with E-state index in [0.717, 1.165) is 16.9 Å². The molecule has 0 aliphatic carbocycles. The summed E-state index contributed by atoms with van der Waals surface area (Å²) in [6, 6.07) is 17.4. The SMILES string of the molecule is CON=C(C#N)c1ccc(COc2ccc(C)cc2)cc1. The van der Waals surface area contributed by atoms with Crippen LogP contribution in [0.1, 0.15) is 16.7 Å². The Labute approximate surface area is 124 Å². The quantitative estimate of drug-likeness (QED) is 0.622. The molecule has 0 heterocycles. The van der Waals surface area contributed by atoms with Crippen molar-refractivity contribution in [1.82, 2.24) is 0 Å². The van der Waals surface area contributed by atoms with Gasteiger partial charge >= 0.3 is 0 Å². The van der Waals surface area contributed by atoms with Crippen LogP contribution >= 0.6 is 0 Å². The van der Waals surface area contributed by atoms with Gasteiger partial charge in [-0.15, -0.1) is 0 Å². The van der Waals surface area contributed by atoms with Crippen LogP contribution < -0.4 is 4.74 Å². The van der Waals surface area contributed by atoms with E-state index in [1.807, 2.05) is 61.5 Å². The van der Waals surface area contributed by atoms with E-state index in [4.69, 9.17) is 10.00 Å².